The maximum Gasteiger partial charge on any atom is 0.410 e. The van der Waals surface area contributed by atoms with E-state index in [0.717, 1.165) is 31.4 Å². The highest BCUT2D eigenvalue weighted by Crippen LogP contribution is 2.27. The van der Waals surface area contributed by atoms with Crippen LogP contribution in [0.1, 0.15) is 38.7 Å². The first kappa shape index (κ1) is 19.4. The summed E-state index contributed by atoms with van der Waals surface area (Å²) in [7, 11) is 0. The molecule has 1 aromatic rings. The van der Waals surface area contributed by atoms with E-state index in [-0.39, 0.29) is 24.4 Å². The van der Waals surface area contributed by atoms with E-state index in [2.05, 4.69) is 15.3 Å². The predicted molar refractivity (Wildman–Crippen MR) is 98.6 cm³/mol. The Morgan fingerprint density at radius 3 is 2.52 bits per heavy atom. The van der Waals surface area contributed by atoms with Gasteiger partial charge in [0.15, 0.2) is 0 Å². The topological polar surface area (TPSA) is 90.4 Å². The number of piperidine rings is 1. The SMILES string of the molecule is Cc1c(OC2C=C[NH2+]CC2)ncnc1OC1CCN(C(=O)OC(C)C)CC1. The molecule has 1 fully saturated rings. The van der Waals surface area contributed by atoms with Gasteiger partial charge in [-0.2, -0.15) is 0 Å². The zero-order valence-electron chi connectivity index (χ0n) is 16.3. The first-order chi connectivity index (χ1) is 13.0. The van der Waals surface area contributed by atoms with Gasteiger partial charge in [-0.25, -0.2) is 14.8 Å². The minimum Gasteiger partial charge on any atom is -0.474 e. The van der Waals surface area contributed by atoms with Crippen molar-refractivity contribution in [2.24, 2.45) is 0 Å². The van der Waals surface area contributed by atoms with Crippen molar-refractivity contribution in [1.82, 2.24) is 14.9 Å². The van der Waals surface area contributed by atoms with E-state index in [1.54, 1.807) is 4.90 Å². The fourth-order valence-electron chi connectivity index (χ4n) is 3.14. The minimum absolute atomic E-state index is 0.0127. The van der Waals surface area contributed by atoms with Gasteiger partial charge in [-0.05, 0) is 20.8 Å². The molecule has 2 aliphatic heterocycles. The van der Waals surface area contributed by atoms with Crippen LogP contribution in [-0.4, -0.2) is 58.9 Å². The van der Waals surface area contributed by atoms with Gasteiger partial charge in [-0.15, -0.1) is 0 Å². The van der Waals surface area contributed by atoms with E-state index in [4.69, 9.17) is 14.2 Å². The summed E-state index contributed by atoms with van der Waals surface area (Å²) in [5, 5.41) is 2.13. The third-order valence-corrected chi connectivity index (χ3v) is 4.65. The first-order valence-corrected chi connectivity index (χ1v) is 9.63. The molecule has 148 valence electrons. The molecular weight excluding hydrogens is 348 g/mol. The molecule has 0 spiro atoms. The molecule has 0 aromatic carbocycles. The van der Waals surface area contributed by atoms with E-state index < -0.39 is 0 Å². The number of ether oxygens (including phenoxy) is 3. The molecule has 1 unspecified atom stereocenters. The van der Waals surface area contributed by atoms with Crippen molar-refractivity contribution in [2.45, 2.75) is 58.3 Å². The molecule has 8 nitrogen and oxygen atoms in total. The molecule has 2 N–H and O–H groups in total. The van der Waals surface area contributed by atoms with Crippen molar-refractivity contribution in [3.8, 4) is 11.8 Å². The molecule has 1 saturated heterocycles. The zero-order valence-corrected chi connectivity index (χ0v) is 16.3. The van der Waals surface area contributed by atoms with Crippen LogP contribution in [0.4, 0.5) is 4.79 Å². The highest BCUT2D eigenvalue weighted by Gasteiger charge is 2.26. The Hall–Kier alpha value is -2.35. The molecular formula is C19H29N4O4+. The number of carbonyl (C=O) groups excluding carboxylic acids is 1. The standard InChI is InChI=1S/C19H28N4O4/c1-13(2)25-19(24)23-10-6-16(7-11-23)27-18-14(3)17(21-12-22-18)26-15-4-8-20-9-5-15/h4,8,12-13,15-16,20H,5-7,9-11H2,1-3H3/p+1. The number of nitrogens with zero attached hydrogens (tertiary/aromatic N) is 3. The van der Waals surface area contributed by atoms with Crippen molar-refractivity contribution in [2.75, 3.05) is 19.6 Å². The van der Waals surface area contributed by atoms with E-state index in [0.29, 0.717) is 24.8 Å². The Kier molecular flexibility index (Phi) is 6.49. The minimum atomic E-state index is -0.255. The van der Waals surface area contributed by atoms with Gasteiger partial charge >= 0.3 is 6.09 Å². The lowest BCUT2D eigenvalue weighted by molar-refractivity contribution is -0.592. The maximum absolute atomic E-state index is 12.0. The monoisotopic (exact) mass is 377 g/mol. The first-order valence-electron chi connectivity index (χ1n) is 9.63. The molecule has 0 bridgehead atoms. The summed E-state index contributed by atoms with van der Waals surface area (Å²) < 4.78 is 17.3. The largest absolute Gasteiger partial charge is 0.474 e. The van der Waals surface area contributed by atoms with Gasteiger partial charge in [-0.1, -0.05) is 0 Å². The summed E-state index contributed by atoms with van der Waals surface area (Å²) >= 11 is 0. The van der Waals surface area contributed by atoms with Gasteiger partial charge in [0.25, 0.3) is 0 Å². The van der Waals surface area contributed by atoms with E-state index in [9.17, 15) is 4.79 Å². The lowest BCUT2D eigenvalue weighted by Gasteiger charge is -2.32. The number of aromatic nitrogens is 2. The summed E-state index contributed by atoms with van der Waals surface area (Å²) in [6.07, 6.45) is 7.66. The Morgan fingerprint density at radius 2 is 1.89 bits per heavy atom. The number of hydrogen-bond acceptors (Lipinski definition) is 6. The second-order valence-corrected chi connectivity index (χ2v) is 7.20. The van der Waals surface area contributed by atoms with Crippen LogP contribution in [0.2, 0.25) is 0 Å². The molecule has 27 heavy (non-hydrogen) atoms. The molecule has 2 aliphatic rings. The molecule has 1 aromatic heterocycles. The van der Waals surface area contributed by atoms with Gasteiger partial charge in [0.05, 0.1) is 24.4 Å². The predicted octanol–water partition coefficient (Wildman–Crippen LogP) is 1.40. The number of likely N-dealkylation sites (tertiary alicyclic amines) is 1. The van der Waals surface area contributed by atoms with E-state index in [1.165, 1.54) is 6.33 Å². The lowest BCUT2D eigenvalue weighted by atomic mass is 10.1. The second kappa shape index (κ2) is 9.03. The van der Waals surface area contributed by atoms with Crippen molar-refractivity contribution < 1.29 is 24.3 Å². The average Bonchev–Trinajstić information content (AvgIpc) is 2.66. The quantitative estimate of drug-likeness (QED) is 0.834. The molecule has 0 saturated carbocycles. The van der Waals surface area contributed by atoms with Crippen LogP contribution in [0.5, 0.6) is 11.8 Å². The zero-order chi connectivity index (χ0) is 19.2. The molecule has 0 aliphatic carbocycles. The number of amides is 1. The molecule has 0 radical (unpaired) electrons. The summed E-state index contributed by atoms with van der Waals surface area (Å²) in [4.78, 5) is 22.2. The van der Waals surface area contributed by atoms with Crippen LogP contribution in [0.25, 0.3) is 0 Å². The second-order valence-electron chi connectivity index (χ2n) is 7.20. The summed E-state index contributed by atoms with van der Waals surface area (Å²) in [5.41, 5.74) is 0.808. The van der Waals surface area contributed by atoms with Crippen LogP contribution >= 0.6 is 0 Å². The third-order valence-electron chi connectivity index (χ3n) is 4.65. The molecule has 1 amide bonds. The van der Waals surface area contributed by atoms with Crippen molar-refractivity contribution >= 4 is 6.09 Å². The van der Waals surface area contributed by atoms with Gasteiger partial charge < -0.3 is 24.4 Å². The van der Waals surface area contributed by atoms with Crippen LogP contribution in [0.15, 0.2) is 18.6 Å². The Morgan fingerprint density at radius 1 is 1.19 bits per heavy atom. The van der Waals surface area contributed by atoms with Gasteiger partial charge in [0.1, 0.15) is 18.5 Å². The number of carbonyl (C=O) groups is 1. The van der Waals surface area contributed by atoms with Gasteiger partial charge in [0.2, 0.25) is 11.8 Å². The fourth-order valence-corrected chi connectivity index (χ4v) is 3.14. The molecule has 3 heterocycles. The van der Waals surface area contributed by atoms with Crippen molar-refractivity contribution in [1.29, 1.82) is 0 Å². The fraction of sp³-hybridized carbons (Fsp3) is 0.632. The highest BCUT2D eigenvalue weighted by atomic mass is 16.6. The van der Waals surface area contributed by atoms with Crippen LogP contribution in [-0.2, 0) is 4.74 Å². The normalized spacial score (nSPS) is 20.6. The number of nitrogens with two attached hydrogens (primary N) is 1. The smallest absolute Gasteiger partial charge is 0.410 e. The van der Waals surface area contributed by atoms with Gasteiger partial charge in [0, 0.05) is 38.4 Å². The summed E-state index contributed by atoms with van der Waals surface area (Å²) in [6, 6.07) is 0. The molecule has 3 rings (SSSR count). The van der Waals surface area contributed by atoms with Crippen LogP contribution in [0.3, 0.4) is 0 Å². The van der Waals surface area contributed by atoms with E-state index in [1.807, 2.05) is 33.0 Å². The maximum atomic E-state index is 12.0. The summed E-state index contributed by atoms with van der Waals surface area (Å²) in [5.74, 6) is 1.11. The highest BCUT2D eigenvalue weighted by molar-refractivity contribution is 5.67. The third kappa shape index (κ3) is 5.32. The number of hydrogen-bond donors (Lipinski definition) is 1. The Bertz CT molecular complexity index is 672. The van der Waals surface area contributed by atoms with Crippen LogP contribution in [0, 0.1) is 6.92 Å². The van der Waals surface area contributed by atoms with Crippen LogP contribution < -0.4 is 14.8 Å². The number of rotatable bonds is 5. The van der Waals surface area contributed by atoms with Crippen molar-refractivity contribution in [3.05, 3.63) is 24.2 Å². The average molecular weight is 377 g/mol. The van der Waals surface area contributed by atoms with Gasteiger partial charge in [-0.3, -0.25) is 0 Å². The molecule has 1 atom stereocenters. The Labute approximate surface area is 159 Å². The van der Waals surface area contributed by atoms with Crippen molar-refractivity contribution in [3.63, 3.8) is 0 Å². The van der Waals surface area contributed by atoms with E-state index >= 15 is 0 Å². The molecule has 8 heteroatoms. The summed E-state index contributed by atoms with van der Waals surface area (Å²) in [6.45, 7) is 7.87. The lowest BCUT2D eigenvalue weighted by Crippen LogP contribution is -2.79. The number of quaternary nitrogens is 1. The Balaban J connectivity index is 1.55.